The van der Waals surface area contributed by atoms with Crippen LogP contribution < -0.4 is 10.6 Å². The van der Waals surface area contributed by atoms with Crippen LogP contribution in [0.15, 0.2) is 89.4 Å². The molecule has 0 aromatic heterocycles. The molecular weight excluding hydrogens is 580 g/mol. The number of nitrogens with one attached hydrogen (secondary N) is 2. The molecule has 3 aromatic carbocycles. The number of carbonyl (C=O) groups excluding carboxylic acids is 3. The van der Waals surface area contributed by atoms with E-state index < -0.39 is 5.54 Å². The van der Waals surface area contributed by atoms with Gasteiger partial charge >= 0.3 is 6.03 Å². The molecule has 39 heavy (non-hydrogen) atoms. The Balaban J connectivity index is 0.00000353. The van der Waals surface area contributed by atoms with Gasteiger partial charge in [-0.2, -0.15) is 0 Å². The van der Waals surface area contributed by atoms with E-state index in [1.54, 1.807) is 0 Å². The van der Waals surface area contributed by atoms with Gasteiger partial charge in [0.1, 0.15) is 5.54 Å². The molecule has 2 saturated heterocycles. The van der Waals surface area contributed by atoms with Gasteiger partial charge in [-0.15, -0.1) is 12.4 Å². The number of hydrogen-bond acceptors (Lipinski definition) is 4. The summed E-state index contributed by atoms with van der Waals surface area (Å²) in [6.07, 6.45) is 1.88. The molecule has 2 fully saturated rings. The van der Waals surface area contributed by atoms with Gasteiger partial charge in [0.2, 0.25) is 0 Å². The molecule has 7 nitrogen and oxygen atoms in total. The number of carbonyl (C=O) groups is 3. The van der Waals surface area contributed by atoms with E-state index in [1.165, 1.54) is 4.90 Å². The van der Waals surface area contributed by atoms with Gasteiger partial charge < -0.3 is 15.5 Å². The van der Waals surface area contributed by atoms with Crippen molar-refractivity contribution in [2.24, 2.45) is 0 Å². The fourth-order valence-electron chi connectivity index (χ4n) is 5.24. The number of likely N-dealkylation sites (tertiary alicyclic amines) is 1. The topological polar surface area (TPSA) is 81.8 Å². The molecule has 2 N–H and O–H groups in total. The predicted octanol–water partition coefficient (Wildman–Crippen LogP) is 5.32. The number of nitrogens with zero attached hydrogens (tertiary/aromatic N) is 2. The monoisotopic (exact) mass is 610 g/mol. The Hall–Kier alpha value is -3.20. The number of hydrogen-bond donors (Lipinski definition) is 2. The van der Waals surface area contributed by atoms with Crippen LogP contribution in [0.25, 0.3) is 0 Å². The minimum absolute atomic E-state index is 0. The standard InChI is InChI=1S/C30H31BrN4O3.ClH/c31-25-13-11-22(12-14-25)21-35-28(37)30(33-29(35)38)16-19-34(20-17-30)18-15-26(23-7-3-1-4-8-23)32-27(36)24-9-5-2-6-10-24;/h1-14,26H,15-21H2,(H,32,36)(H,33,38);1H/t26-;/m0./s1. The lowest BCUT2D eigenvalue weighted by Crippen LogP contribution is -2.55. The number of halogens is 2. The molecule has 2 heterocycles. The van der Waals surface area contributed by atoms with E-state index in [9.17, 15) is 14.4 Å². The van der Waals surface area contributed by atoms with Crippen LogP contribution in [-0.2, 0) is 11.3 Å². The van der Waals surface area contributed by atoms with Crippen molar-refractivity contribution in [2.45, 2.75) is 37.4 Å². The molecule has 5 rings (SSSR count). The maximum atomic E-state index is 13.3. The highest BCUT2D eigenvalue weighted by atomic mass is 79.9. The molecule has 2 aliphatic rings. The number of amides is 4. The van der Waals surface area contributed by atoms with Crippen molar-refractivity contribution in [3.63, 3.8) is 0 Å². The number of rotatable bonds is 8. The smallest absolute Gasteiger partial charge is 0.325 e. The van der Waals surface area contributed by atoms with Crippen molar-refractivity contribution >= 4 is 46.2 Å². The highest BCUT2D eigenvalue weighted by Gasteiger charge is 2.52. The number of imide groups is 1. The summed E-state index contributed by atoms with van der Waals surface area (Å²) in [4.78, 5) is 42.6. The first kappa shape index (κ1) is 28.8. The lowest BCUT2D eigenvalue weighted by molar-refractivity contribution is -0.133. The van der Waals surface area contributed by atoms with Crippen molar-refractivity contribution in [2.75, 3.05) is 19.6 Å². The van der Waals surface area contributed by atoms with Crippen LogP contribution in [0.1, 0.15) is 46.8 Å². The SMILES string of the molecule is Cl.O=C(N[C@@H](CCN1CCC2(CC1)NC(=O)N(Cc1ccc(Br)cc1)C2=O)c1ccccc1)c1ccccc1. The summed E-state index contributed by atoms with van der Waals surface area (Å²) in [5.74, 6) is -0.232. The molecular formula is C30H32BrClN4O3. The zero-order valence-corrected chi connectivity index (χ0v) is 23.9. The fraction of sp³-hybridized carbons (Fsp3) is 0.300. The van der Waals surface area contributed by atoms with Gasteiger partial charge in [-0.1, -0.05) is 76.6 Å². The first-order valence-electron chi connectivity index (χ1n) is 13.0. The van der Waals surface area contributed by atoms with Crippen LogP contribution in [0.3, 0.4) is 0 Å². The number of benzene rings is 3. The Bertz CT molecular complexity index is 1280. The molecule has 2 aliphatic heterocycles. The molecule has 204 valence electrons. The molecule has 4 amide bonds. The first-order valence-corrected chi connectivity index (χ1v) is 13.7. The van der Waals surface area contributed by atoms with E-state index in [1.807, 2.05) is 84.9 Å². The quantitative estimate of drug-likeness (QED) is 0.338. The largest absolute Gasteiger partial charge is 0.345 e. The lowest BCUT2D eigenvalue weighted by atomic mass is 9.87. The molecule has 1 atom stereocenters. The van der Waals surface area contributed by atoms with Crippen LogP contribution in [0, 0.1) is 0 Å². The highest BCUT2D eigenvalue weighted by molar-refractivity contribution is 9.10. The van der Waals surface area contributed by atoms with E-state index in [-0.39, 0.29) is 42.8 Å². The third-order valence-electron chi connectivity index (χ3n) is 7.49. The molecule has 0 unspecified atom stereocenters. The van der Waals surface area contributed by atoms with Crippen molar-refractivity contribution in [1.29, 1.82) is 0 Å². The zero-order chi connectivity index (χ0) is 26.5. The van der Waals surface area contributed by atoms with Crippen molar-refractivity contribution in [3.05, 3.63) is 106 Å². The average molecular weight is 612 g/mol. The second kappa shape index (κ2) is 12.8. The molecule has 9 heteroatoms. The van der Waals surface area contributed by atoms with Gasteiger partial charge in [-0.05, 0) is 54.7 Å². The lowest BCUT2D eigenvalue weighted by Gasteiger charge is -2.37. The summed E-state index contributed by atoms with van der Waals surface area (Å²) in [6.45, 7) is 2.44. The van der Waals surface area contributed by atoms with Gasteiger partial charge in [0, 0.05) is 29.7 Å². The minimum Gasteiger partial charge on any atom is -0.345 e. The zero-order valence-electron chi connectivity index (χ0n) is 21.5. The van der Waals surface area contributed by atoms with E-state index in [0.717, 1.165) is 28.6 Å². The second-order valence-corrected chi connectivity index (χ2v) is 10.9. The normalized spacial score (nSPS) is 17.4. The summed E-state index contributed by atoms with van der Waals surface area (Å²) in [7, 11) is 0. The molecule has 1 spiro atoms. The summed E-state index contributed by atoms with van der Waals surface area (Å²) in [6, 6.07) is 26.4. The van der Waals surface area contributed by atoms with Gasteiger partial charge in [0.05, 0.1) is 12.6 Å². The second-order valence-electron chi connectivity index (χ2n) is 9.96. The Kier molecular flexibility index (Phi) is 9.43. The number of piperidine rings is 1. The summed E-state index contributed by atoms with van der Waals surface area (Å²) in [5.41, 5.74) is 1.78. The fourth-order valence-corrected chi connectivity index (χ4v) is 5.50. The molecule has 0 bridgehead atoms. The molecule has 0 aliphatic carbocycles. The summed E-state index contributed by atoms with van der Waals surface area (Å²) >= 11 is 3.42. The Labute approximate surface area is 243 Å². The first-order chi connectivity index (χ1) is 18.4. The predicted molar refractivity (Wildman–Crippen MR) is 157 cm³/mol. The highest BCUT2D eigenvalue weighted by Crippen LogP contribution is 2.31. The number of urea groups is 1. The summed E-state index contributed by atoms with van der Waals surface area (Å²) in [5, 5.41) is 6.20. The summed E-state index contributed by atoms with van der Waals surface area (Å²) < 4.78 is 0.955. The van der Waals surface area contributed by atoms with E-state index in [2.05, 4.69) is 31.5 Å². The van der Waals surface area contributed by atoms with Gasteiger partial charge in [-0.25, -0.2) is 4.79 Å². The van der Waals surface area contributed by atoms with Gasteiger partial charge in [0.25, 0.3) is 11.8 Å². The molecule has 0 saturated carbocycles. The van der Waals surface area contributed by atoms with E-state index >= 15 is 0 Å². The third-order valence-corrected chi connectivity index (χ3v) is 8.02. The van der Waals surface area contributed by atoms with Crippen LogP contribution >= 0.6 is 28.3 Å². The third kappa shape index (κ3) is 6.69. The van der Waals surface area contributed by atoms with Crippen LogP contribution in [0.4, 0.5) is 4.79 Å². The Morgan fingerprint density at radius 3 is 2.18 bits per heavy atom. The van der Waals surface area contributed by atoms with E-state index in [0.29, 0.717) is 31.5 Å². The maximum absolute atomic E-state index is 13.3. The Morgan fingerprint density at radius 1 is 0.923 bits per heavy atom. The maximum Gasteiger partial charge on any atom is 0.325 e. The minimum atomic E-state index is -0.830. The van der Waals surface area contributed by atoms with Gasteiger partial charge in [0.15, 0.2) is 0 Å². The Morgan fingerprint density at radius 2 is 1.54 bits per heavy atom. The van der Waals surface area contributed by atoms with Crippen LogP contribution in [0.2, 0.25) is 0 Å². The molecule has 3 aromatic rings. The van der Waals surface area contributed by atoms with Crippen molar-refractivity contribution in [1.82, 2.24) is 20.4 Å². The average Bonchev–Trinajstić information content (AvgIpc) is 3.17. The van der Waals surface area contributed by atoms with E-state index in [4.69, 9.17) is 0 Å². The van der Waals surface area contributed by atoms with Gasteiger partial charge in [-0.3, -0.25) is 14.5 Å². The van der Waals surface area contributed by atoms with Crippen molar-refractivity contribution in [3.8, 4) is 0 Å². The van der Waals surface area contributed by atoms with Crippen molar-refractivity contribution < 1.29 is 14.4 Å². The molecule has 0 radical (unpaired) electrons. The van der Waals surface area contributed by atoms with Crippen LogP contribution in [0.5, 0.6) is 0 Å². The van der Waals surface area contributed by atoms with Crippen LogP contribution in [-0.4, -0.2) is 52.8 Å².